The summed E-state index contributed by atoms with van der Waals surface area (Å²) in [7, 11) is -6.23. The highest BCUT2D eigenvalue weighted by Crippen LogP contribution is 2.17. The van der Waals surface area contributed by atoms with Crippen molar-refractivity contribution < 1.29 is 21.6 Å². The second-order valence-corrected chi connectivity index (χ2v) is 6.74. The summed E-state index contributed by atoms with van der Waals surface area (Å²) in [5.74, 6) is 0. The van der Waals surface area contributed by atoms with Crippen molar-refractivity contribution in [3.05, 3.63) is 24.3 Å². The second-order valence-electron chi connectivity index (χ2n) is 3.77. The minimum atomic E-state index is -3.55. The molecule has 0 atom stereocenters. The van der Waals surface area contributed by atoms with Crippen LogP contribution in [-0.4, -0.2) is 47.4 Å². The molecule has 6 nitrogen and oxygen atoms in total. The molecule has 100 valence electrons. The smallest absolute Gasteiger partial charge is 0.243 e. The van der Waals surface area contributed by atoms with Gasteiger partial charge in [-0.2, -0.15) is 4.31 Å². The lowest BCUT2D eigenvalue weighted by Gasteiger charge is -2.26. The predicted octanol–water partition coefficient (Wildman–Crippen LogP) is -0.322. The van der Waals surface area contributed by atoms with Gasteiger partial charge in [0.25, 0.3) is 0 Å². The lowest BCUT2D eigenvalue weighted by atomic mass is 10.4. The van der Waals surface area contributed by atoms with Gasteiger partial charge in [0.1, 0.15) is 0 Å². The van der Waals surface area contributed by atoms with E-state index in [0.29, 0.717) is 26.3 Å². The molecule has 1 fully saturated rings. The Balaban J connectivity index is 2.29. The Morgan fingerprint density at radius 1 is 1.06 bits per heavy atom. The van der Waals surface area contributed by atoms with E-state index in [4.69, 9.17) is 4.74 Å². The van der Waals surface area contributed by atoms with E-state index in [1.165, 1.54) is 28.6 Å². The third-order valence-electron chi connectivity index (χ3n) is 2.66. The third kappa shape index (κ3) is 2.72. The van der Waals surface area contributed by atoms with Crippen molar-refractivity contribution in [2.75, 3.05) is 26.3 Å². The fourth-order valence-electron chi connectivity index (χ4n) is 1.68. The van der Waals surface area contributed by atoms with Crippen molar-refractivity contribution in [2.24, 2.45) is 0 Å². The number of thiol groups is 1. The van der Waals surface area contributed by atoms with Crippen LogP contribution in [0.3, 0.4) is 0 Å². The van der Waals surface area contributed by atoms with Crippen LogP contribution < -0.4 is 0 Å². The molecule has 0 saturated carbocycles. The van der Waals surface area contributed by atoms with Crippen LogP contribution in [0, 0.1) is 0 Å². The van der Waals surface area contributed by atoms with Crippen molar-refractivity contribution in [1.82, 2.24) is 4.31 Å². The number of rotatable bonds is 3. The normalized spacial score (nSPS) is 18.1. The maximum Gasteiger partial charge on any atom is 0.243 e. The maximum absolute atomic E-state index is 12.2. The zero-order chi connectivity index (χ0) is 13.2. The number of ether oxygens (including phenoxy) is 1. The topological polar surface area (TPSA) is 80.8 Å². The fraction of sp³-hybridized carbons (Fsp3) is 0.400. The molecule has 1 aliphatic rings. The Hall–Kier alpha value is -0.960. The molecule has 0 N–H and O–H groups in total. The summed E-state index contributed by atoms with van der Waals surface area (Å²) >= 11 is 0. The highest BCUT2D eigenvalue weighted by Gasteiger charge is 2.26. The van der Waals surface area contributed by atoms with Crippen molar-refractivity contribution in [1.29, 1.82) is 0 Å². The molecule has 1 saturated heterocycles. The van der Waals surface area contributed by atoms with Crippen LogP contribution in [0.1, 0.15) is 0 Å². The molecule has 1 aromatic carbocycles. The number of nitrogens with zero attached hydrogens (tertiary/aromatic N) is 1. The summed E-state index contributed by atoms with van der Waals surface area (Å²) in [6.07, 6.45) is 0. The van der Waals surface area contributed by atoms with Gasteiger partial charge in [0.15, 0.2) is 10.7 Å². The zero-order valence-electron chi connectivity index (χ0n) is 9.48. The zero-order valence-corrected chi connectivity index (χ0v) is 11.2. The van der Waals surface area contributed by atoms with Gasteiger partial charge in [-0.05, 0) is 24.3 Å². The van der Waals surface area contributed by atoms with Crippen LogP contribution in [0.25, 0.3) is 0 Å². The first-order valence-corrected chi connectivity index (χ1v) is 7.96. The molecule has 0 amide bonds. The molecule has 0 aromatic heterocycles. The van der Waals surface area contributed by atoms with E-state index < -0.39 is 20.7 Å². The summed E-state index contributed by atoms with van der Waals surface area (Å²) in [5, 5.41) is 0. The average Bonchev–Trinajstić information content (AvgIpc) is 2.40. The van der Waals surface area contributed by atoms with Crippen molar-refractivity contribution in [2.45, 2.75) is 9.79 Å². The fourth-order valence-corrected chi connectivity index (χ4v) is 3.48. The quantitative estimate of drug-likeness (QED) is 0.772. The first-order valence-electron chi connectivity index (χ1n) is 5.34. The van der Waals surface area contributed by atoms with E-state index in [9.17, 15) is 16.8 Å². The Kier molecular flexibility index (Phi) is 4.00. The number of benzene rings is 1. The van der Waals surface area contributed by atoms with E-state index in [1.807, 2.05) is 0 Å². The van der Waals surface area contributed by atoms with Crippen LogP contribution in [0.4, 0.5) is 0 Å². The van der Waals surface area contributed by atoms with Gasteiger partial charge in [0.05, 0.1) is 23.0 Å². The van der Waals surface area contributed by atoms with Crippen molar-refractivity contribution in [3.63, 3.8) is 0 Å². The van der Waals surface area contributed by atoms with Gasteiger partial charge in [-0.25, -0.2) is 16.8 Å². The molecule has 0 radical (unpaired) electrons. The molecule has 8 heteroatoms. The summed E-state index contributed by atoms with van der Waals surface area (Å²) in [6.45, 7) is 1.40. The molecule has 0 aliphatic carbocycles. The number of hydrogen-bond donors (Lipinski definition) is 1. The molecule has 18 heavy (non-hydrogen) atoms. The third-order valence-corrected chi connectivity index (χ3v) is 5.29. The Bertz CT molecular complexity index is 577. The molecular formula is C10H13NO5S2. The van der Waals surface area contributed by atoms with Gasteiger partial charge in [0.2, 0.25) is 10.0 Å². The molecule has 0 spiro atoms. The highest BCUT2D eigenvalue weighted by molar-refractivity contribution is 7.89. The summed E-state index contributed by atoms with van der Waals surface area (Å²) in [4.78, 5) is 0.205. The minimum absolute atomic E-state index is 0.102. The molecule has 2 rings (SSSR count). The lowest BCUT2D eigenvalue weighted by Crippen LogP contribution is -2.40. The van der Waals surface area contributed by atoms with Gasteiger partial charge in [-0.3, -0.25) is 0 Å². The number of hydrogen-bond acceptors (Lipinski definition) is 5. The summed E-state index contributed by atoms with van der Waals surface area (Å²) < 4.78 is 52.3. The first kappa shape index (κ1) is 13.5. The van der Waals surface area contributed by atoms with Crippen LogP contribution in [-0.2, 0) is 25.5 Å². The highest BCUT2D eigenvalue weighted by atomic mass is 32.2. The van der Waals surface area contributed by atoms with E-state index in [-0.39, 0.29) is 9.79 Å². The second kappa shape index (κ2) is 5.35. The number of sulfonamides is 1. The molecule has 1 aliphatic heterocycles. The molecule has 1 aromatic rings. The van der Waals surface area contributed by atoms with Crippen molar-refractivity contribution >= 4 is 20.7 Å². The van der Waals surface area contributed by atoms with E-state index in [0.717, 1.165) is 0 Å². The van der Waals surface area contributed by atoms with E-state index in [2.05, 4.69) is 0 Å². The van der Waals surface area contributed by atoms with Crippen LogP contribution in [0.2, 0.25) is 0 Å². The molecule has 0 bridgehead atoms. The van der Waals surface area contributed by atoms with Crippen LogP contribution in [0.5, 0.6) is 0 Å². The molecule has 0 unspecified atom stereocenters. The lowest BCUT2D eigenvalue weighted by molar-refractivity contribution is 0.0730. The SMILES string of the molecule is O=[SH](=O)c1ccc(S(=O)(=O)N2CCOCC2)cc1. The van der Waals surface area contributed by atoms with Gasteiger partial charge in [0, 0.05) is 13.1 Å². The predicted molar refractivity (Wildman–Crippen MR) is 64.6 cm³/mol. The molecular weight excluding hydrogens is 278 g/mol. The van der Waals surface area contributed by atoms with Gasteiger partial charge in [-0.1, -0.05) is 0 Å². The van der Waals surface area contributed by atoms with E-state index >= 15 is 0 Å². The Labute approximate surface area is 107 Å². The minimum Gasteiger partial charge on any atom is -0.379 e. The Morgan fingerprint density at radius 3 is 2.11 bits per heavy atom. The van der Waals surface area contributed by atoms with Gasteiger partial charge < -0.3 is 4.74 Å². The monoisotopic (exact) mass is 291 g/mol. The van der Waals surface area contributed by atoms with Gasteiger partial charge >= 0.3 is 0 Å². The maximum atomic E-state index is 12.2. The van der Waals surface area contributed by atoms with E-state index in [1.54, 1.807) is 0 Å². The first-order chi connectivity index (χ1) is 8.51. The van der Waals surface area contributed by atoms with Crippen LogP contribution in [0.15, 0.2) is 34.1 Å². The number of morpholine rings is 1. The van der Waals surface area contributed by atoms with Crippen molar-refractivity contribution in [3.8, 4) is 0 Å². The largest absolute Gasteiger partial charge is 0.379 e. The standard InChI is InChI=1S/C10H13NO5S2/c12-17(13)9-1-3-10(4-2-9)18(14,15)11-5-7-16-8-6-11/h1-4,17H,5-8H2. The Morgan fingerprint density at radius 2 is 1.61 bits per heavy atom. The average molecular weight is 291 g/mol. The molecule has 1 heterocycles. The van der Waals surface area contributed by atoms with Gasteiger partial charge in [-0.15, -0.1) is 0 Å². The summed E-state index contributed by atoms with van der Waals surface area (Å²) in [6, 6.07) is 5.20. The summed E-state index contributed by atoms with van der Waals surface area (Å²) in [5.41, 5.74) is 0. The van der Waals surface area contributed by atoms with Crippen LogP contribution >= 0.6 is 0 Å².